The fourth-order valence-electron chi connectivity index (χ4n) is 2.76. The molecule has 1 aromatic carbocycles. The van der Waals surface area contributed by atoms with Crippen molar-refractivity contribution in [3.8, 4) is 5.75 Å². The average molecular weight is 290 g/mol. The van der Waals surface area contributed by atoms with E-state index in [9.17, 15) is 4.79 Å². The molecular weight excluding hydrogens is 264 g/mol. The molecule has 0 aliphatic heterocycles. The van der Waals surface area contributed by atoms with Crippen molar-refractivity contribution in [2.45, 2.75) is 57.5 Å². The van der Waals surface area contributed by atoms with Gasteiger partial charge in [0.2, 0.25) is 5.91 Å². The Balaban J connectivity index is 1.71. The van der Waals surface area contributed by atoms with Crippen molar-refractivity contribution in [2.24, 2.45) is 5.73 Å². The largest absolute Gasteiger partial charge is 0.493 e. The minimum absolute atomic E-state index is 0.0324. The molecule has 2 rings (SSSR count). The monoisotopic (exact) mass is 290 g/mol. The van der Waals surface area contributed by atoms with Crippen LogP contribution in [0.25, 0.3) is 0 Å². The molecule has 1 saturated carbocycles. The Morgan fingerprint density at radius 1 is 1.33 bits per heavy atom. The smallest absolute Gasteiger partial charge is 0.223 e. The maximum atomic E-state index is 12.0. The first kappa shape index (κ1) is 15.8. The van der Waals surface area contributed by atoms with Crippen LogP contribution in [-0.2, 0) is 4.79 Å². The topological polar surface area (TPSA) is 64.3 Å². The summed E-state index contributed by atoms with van der Waals surface area (Å²) >= 11 is 0. The third-order valence-electron chi connectivity index (χ3n) is 4.00. The van der Waals surface area contributed by atoms with Crippen LogP contribution in [0, 0.1) is 6.92 Å². The zero-order valence-corrected chi connectivity index (χ0v) is 12.8. The van der Waals surface area contributed by atoms with E-state index in [-0.39, 0.29) is 18.0 Å². The first-order valence-corrected chi connectivity index (χ1v) is 7.89. The number of aryl methyl sites for hydroxylation is 1. The quantitative estimate of drug-likeness (QED) is 0.819. The molecule has 21 heavy (non-hydrogen) atoms. The van der Waals surface area contributed by atoms with Crippen molar-refractivity contribution in [1.82, 2.24) is 5.32 Å². The van der Waals surface area contributed by atoms with Gasteiger partial charge in [0.1, 0.15) is 5.75 Å². The van der Waals surface area contributed by atoms with Gasteiger partial charge in [0.25, 0.3) is 0 Å². The molecule has 1 amide bonds. The number of rotatable bonds is 5. The number of amides is 1. The number of benzene rings is 1. The van der Waals surface area contributed by atoms with Crippen LogP contribution in [0.5, 0.6) is 5.75 Å². The van der Waals surface area contributed by atoms with Gasteiger partial charge >= 0.3 is 0 Å². The Morgan fingerprint density at radius 2 is 2.14 bits per heavy atom. The van der Waals surface area contributed by atoms with E-state index in [0.717, 1.165) is 30.6 Å². The fourth-order valence-corrected chi connectivity index (χ4v) is 2.76. The van der Waals surface area contributed by atoms with Crippen molar-refractivity contribution >= 4 is 5.91 Å². The summed E-state index contributed by atoms with van der Waals surface area (Å²) in [6.45, 7) is 2.42. The molecule has 116 valence electrons. The van der Waals surface area contributed by atoms with Gasteiger partial charge in [0, 0.05) is 12.1 Å². The Morgan fingerprint density at radius 3 is 2.95 bits per heavy atom. The average Bonchev–Trinajstić information content (AvgIpc) is 2.64. The number of carbonyl (C=O) groups excluding carboxylic acids is 1. The molecule has 0 bridgehead atoms. The van der Waals surface area contributed by atoms with E-state index in [2.05, 4.69) is 5.32 Å². The number of hydrogen-bond donors (Lipinski definition) is 2. The second-order valence-corrected chi connectivity index (χ2v) is 5.89. The minimum Gasteiger partial charge on any atom is -0.493 e. The molecule has 0 radical (unpaired) electrons. The lowest BCUT2D eigenvalue weighted by Crippen LogP contribution is -2.47. The van der Waals surface area contributed by atoms with Gasteiger partial charge in [-0.2, -0.15) is 0 Å². The van der Waals surface area contributed by atoms with Gasteiger partial charge in [0.15, 0.2) is 0 Å². The van der Waals surface area contributed by atoms with E-state index >= 15 is 0 Å². The molecule has 4 nitrogen and oxygen atoms in total. The molecule has 0 heterocycles. The molecular formula is C17H26N2O2. The van der Waals surface area contributed by atoms with Gasteiger partial charge in [-0.05, 0) is 37.5 Å². The third-order valence-corrected chi connectivity index (χ3v) is 4.00. The number of nitrogens with two attached hydrogens (primary N) is 1. The third kappa shape index (κ3) is 5.38. The lowest BCUT2D eigenvalue weighted by molar-refractivity contribution is -0.122. The molecule has 0 spiro atoms. The summed E-state index contributed by atoms with van der Waals surface area (Å²) in [5.41, 5.74) is 7.27. The second-order valence-electron chi connectivity index (χ2n) is 5.89. The van der Waals surface area contributed by atoms with Crippen molar-refractivity contribution < 1.29 is 9.53 Å². The van der Waals surface area contributed by atoms with Crippen molar-refractivity contribution in [2.75, 3.05) is 6.61 Å². The summed E-state index contributed by atoms with van der Waals surface area (Å²) in [5, 5.41) is 3.06. The highest BCUT2D eigenvalue weighted by Crippen LogP contribution is 2.17. The molecule has 2 atom stereocenters. The van der Waals surface area contributed by atoms with E-state index in [1.165, 1.54) is 12.8 Å². The predicted molar refractivity (Wildman–Crippen MR) is 84.3 cm³/mol. The molecule has 2 unspecified atom stereocenters. The Bertz CT molecular complexity index is 462. The van der Waals surface area contributed by atoms with Gasteiger partial charge in [0.05, 0.1) is 13.0 Å². The summed E-state index contributed by atoms with van der Waals surface area (Å²) in [4.78, 5) is 12.0. The van der Waals surface area contributed by atoms with E-state index in [4.69, 9.17) is 10.5 Å². The van der Waals surface area contributed by atoms with Crippen molar-refractivity contribution in [3.05, 3.63) is 29.8 Å². The van der Waals surface area contributed by atoms with E-state index in [0.29, 0.717) is 13.0 Å². The lowest BCUT2D eigenvalue weighted by Gasteiger charge is -2.22. The van der Waals surface area contributed by atoms with Crippen LogP contribution < -0.4 is 15.8 Å². The van der Waals surface area contributed by atoms with Crippen LogP contribution in [0.4, 0.5) is 0 Å². The van der Waals surface area contributed by atoms with Crippen LogP contribution in [0.3, 0.4) is 0 Å². The first-order chi connectivity index (χ1) is 10.1. The van der Waals surface area contributed by atoms with Gasteiger partial charge in [-0.25, -0.2) is 0 Å². The zero-order chi connectivity index (χ0) is 15.1. The fraction of sp³-hybridized carbons (Fsp3) is 0.588. The highest BCUT2D eigenvalue weighted by molar-refractivity contribution is 5.76. The van der Waals surface area contributed by atoms with E-state index in [1.54, 1.807) is 0 Å². The summed E-state index contributed by atoms with van der Waals surface area (Å²) in [5.74, 6) is 0.846. The van der Waals surface area contributed by atoms with Gasteiger partial charge in [-0.15, -0.1) is 0 Å². The van der Waals surface area contributed by atoms with Crippen LogP contribution >= 0.6 is 0 Å². The molecule has 1 aromatic rings. The molecule has 0 aromatic heterocycles. The number of carbonyl (C=O) groups is 1. The summed E-state index contributed by atoms with van der Waals surface area (Å²) in [7, 11) is 0. The van der Waals surface area contributed by atoms with Crippen molar-refractivity contribution in [1.29, 1.82) is 0 Å². The number of nitrogens with one attached hydrogen (secondary N) is 1. The Hall–Kier alpha value is -1.55. The van der Waals surface area contributed by atoms with Gasteiger partial charge in [-0.3, -0.25) is 4.79 Å². The van der Waals surface area contributed by atoms with Crippen molar-refractivity contribution in [3.63, 3.8) is 0 Å². The molecule has 1 fully saturated rings. The predicted octanol–water partition coefficient (Wildman–Crippen LogP) is 2.54. The first-order valence-electron chi connectivity index (χ1n) is 7.89. The van der Waals surface area contributed by atoms with Crippen LogP contribution in [0.2, 0.25) is 0 Å². The Kier molecular flexibility index (Phi) is 6.05. The number of hydrogen-bond acceptors (Lipinski definition) is 3. The summed E-state index contributed by atoms with van der Waals surface area (Å²) in [6.07, 6.45) is 5.91. The molecule has 3 N–H and O–H groups in total. The van der Waals surface area contributed by atoms with E-state index in [1.807, 2.05) is 31.2 Å². The Labute approximate surface area is 127 Å². The minimum atomic E-state index is 0.0324. The van der Waals surface area contributed by atoms with Gasteiger partial charge in [-0.1, -0.05) is 31.4 Å². The number of ether oxygens (including phenoxy) is 1. The zero-order valence-electron chi connectivity index (χ0n) is 12.8. The normalized spacial score (nSPS) is 22.4. The molecule has 1 aliphatic rings. The van der Waals surface area contributed by atoms with Gasteiger partial charge < -0.3 is 15.8 Å². The second kappa shape index (κ2) is 8.03. The SMILES string of the molecule is Cc1cccc(OCCC(=O)NC2CCCCCC2N)c1. The molecule has 1 aliphatic carbocycles. The lowest BCUT2D eigenvalue weighted by atomic mass is 10.0. The highest BCUT2D eigenvalue weighted by Gasteiger charge is 2.21. The maximum Gasteiger partial charge on any atom is 0.223 e. The van der Waals surface area contributed by atoms with E-state index < -0.39 is 0 Å². The molecule has 4 heteroatoms. The maximum absolute atomic E-state index is 12.0. The highest BCUT2D eigenvalue weighted by atomic mass is 16.5. The van der Waals surface area contributed by atoms with Crippen LogP contribution in [0.1, 0.15) is 44.1 Å². The van der Waals surface area contributed by atoms with Crippen LogP contribution in [-0.4, -0.2) is 24.6 Å². The summed E-state index contributed by atoms with van der Waals surface area (Å²) in [6, 6.07) is 8.07. The molecule has 0 saturated heterocycles. The summed E-state index contributed by atoms with van der Waals surface area (Å²) < 4.78 is 5.61. The van der Waals surface area contributed by atoms with Crippen LogP contribution in [0.15, 0.2) is 24.3 Å². The standard InChI is InChI=1S/C17H26N2O2/c1-13-6-5-7-14(12-13)21-11-10-17(20)19-16-9-4-2-3-8-15(16)18/h5-7,12,15-16H,2-4,8-11,18H2,1H3,(H,19,20).